The minimum Gasteiger partial charge on any atom is -0.480 e. The zero-order chi connectivity index (χ0) is 12.9. The van der Waals surface area contributed by atoms with E-state index in [2.05, 4.69) is 4.72 Å². The van der Waals surface area contributed by atoms with E-state index in [1.54, 1.807) is 0 Å². The topological polar surface area (TPSA) is 83.5 Å². The molecule has 0 heterocycles. The highest BCUT2D eigenvalue weighted by Gasteiger charge is 2.27. The summed E-state index contributed by atoms with van der Waals surface area (Å²) in [5.41, 5.74) is 0. The first-order chi connectivity index (χ1) is 7.94. The molecule has 0 aromatic carbocycles. The molecule has 0 saturated heterocycles. The van der Waals surface area contributed by atoms with Crippen molar-refractivity contribution in [3.05, 3.63) is 0 Å². The molecule has 0 spiro atoms. The van der Waals surface area contributed by atoms with Crippen molar-refractivity contribution in [2.75, 3.05) is 5.75 Å². The smallest absolute Gasteiger partial charge is 0.321 e. The lowest BCUT2D eigenvalue weighted by Gasteiger charge is -2.24. The van der Waals surface area contributed by atoms with Gasteiger partial charge in [0.1, 0.15) is 6.04 Å². The van der Waals surface area contributed by atoms with Gasteiger partial charge in [0.15, 0.2) is 0 Å². The van der Waals surface area contributed by atoms with Gasteiger partial charge in [0.2, 0.25) is 10.0 Å². The van der Waals surface area contributed by atoms with Gasteiger partial charge in [-0.1, -0.05) is 32.1 Å². The molecule has 1 rings (SSSR count). The van der Waals surface area contributed by atoms with Gasteiger partial charge in [0, 0.05) is 0 Å². The van der Waals surface area contributed by atoms with E-state index < -0.39 is 22.0 Å². The summed E-state index contributed by atoms with van der Waals surface area (Å²) in [5.74, 6) is -0.821. The van der Waals surface area contributed by atoms with E-state index in [4.69, 9.17) is 5.11 Å². The Labute approximate surface area is 103 Å². The Morgan fingerprint density at radius 1 is 1.35 bits per heavy atom. The van der Waals surface area contributed by atoms with Crippen LogP contribution >= 0.6 is 0 Å². The van der Waals surface area contributed by atoms with Gasteiger partial charge >= 0.3 is 5.97 Å². The molecule has 1 aliphatic carbocycles. The maximum Gasteiger partial charge on any atom is 0.321 e. The van der Waals surface area contributed by atoms with E-state index in [0.29, 0.717) is 12.3 Å². The van der Waals surface area contributed by atoms with Gasteiger partial charge in [0.25, 0.3) is 0 Å². The van der Waals surface area contributed by atoms with Crippen molar-refractivity contribution in [3.63, 3.8) is 0 Å². The SMILES string of the molecule is CCS(=O)(=O)NC(CC1CCCCC1)C(=O)O. The summed E-state index contributed by atoms with van der Waals surface area (Å²) in [4.78, 5) is 11.0. The van der Waals surface area contributed by atoms with Crippen LogP contribution in [0.15, 0.2) is 0 Å². The third kappa shape index (κ3) is 5.04. The van der Waals surface area contributed by atoms with Gasteiger partial charge in [-0.25, -0.2) is 13.1 Å². The fraction of sp³-hybridized carbons (Fsp3) is 0.909. The second kappa shape index (κ2) is 6.35. The molecule has 0 aromatic heterocycles. The standard InChI is InChI=1S/C11H21NO4S/c1-2-17(15,16)12-10(11(13)14)8-9-6-4-3-5-7-9/h9-10,12H,2-8H2,1H3,(H,13,14). The van der Waals surface area contributed by atoms with Crippen LogP contribution in [-0.4, -0.2) is 31.3 Å². The van der Waals surface area contributed by atoms with E-state index in [1.165, 1.54) is 13.3 Å². The van der Waals surface area contributed by atoms with Gasteiger partial charge in [-0.15, -0.1) is 0 Å². The Hall–Kier alpha value is -0.620. The number of sulfonamides is 1. The highest BCUT2D eigenvalue weighted by molar-refractivity contribution is 7.89. The number of carboxylic acid groups (broad SMARTS) is 1. The average Bonchev–Trinajstić information content (AvgIpc) is 2.29. The van der Waals surface area contributed by atoms with Crippen molar-refractivity contribution >= 4 is 16.0 Å². The normalized spacial score (nSPS) is 20.1. The predicted octanol–water partition coefficient (Wildman–Crippen LogP) is 1.35. The van der Waals surface area contributed by atoms with Crippen LogP contribution in [0.5, 0.6) is 0 Å². The van der Waals surface area contributed by atoms with Gasteiger partial charge in [0.05, 0.1) is 5.75 Å². The molecule has 1 fully saturated rings. The molecular weight excluding hydrogens is 242 g/mol. The van der Waals surface area contributed by atoms with Gasteiger partial charge in [-0.3, -0.25) is 4.79 Å². The first-order valence-electron chi connectivity index (χ1n) is 6.17. The number of hydrogen-bond acceptors (Lipinski definition) is 3. The van der Waals surface area contributed by atoms with Crippen LogP contribution in [0.2, 0.25) is 0 Å². The number of nitrogens with one attached hydrogen (secondary N) is 1. The fourth-order valence-corrected chi connectivity index (χ4v) is 3.05. The van der Waals surface area contributed by atoms with Crippen molar-refractivity contribution in [3.8, 4) is 0 Å². The second-order valence-corrected chi connectivity index (χ2v) is 6.69. The number of aliphatic carboxylic acids is 1. The summed E-state index contributed by atoms with van der Waals surface area (Å²) in [6.07, 6.45) is 5.88. The van der Waals surface area contributed by atoms with Crippen LogP contribution in [0.3, 0.4) is 0 Å². The average molecular weight is 263 g/mol. The lowest BCUT2D eigenvalue weighted by atomic mass is 9.85. The van der Waals surface area contributed by atoms with E-state index in [1.807, 2.05) is 0 Å². The molecule has 2 N–H and O–H groups in total. The molecule has 5 nitrogen and oxygen atoms in total. The third-order valence-electron chi connectivity index (χ3n) is 3.29. The molecule has 0 aliphatic heterocycles. The zero-order valence-corrected chi connectivity index (χ0v) is 11.0. The first kappa shape index (κ1) is 14.4. The number of carbonyl (C=O) groups is 1. The van der Waals surface area contributed by atoms with E-state index >= 15 is 0 Å². The number of hydrogen-bond donors (Lipinski definition) is 2. The molecule has 17 heavy (non-hydrogen) atoms. The Morgan fingerprint density at radius 3 is 2.41 bits per heavy atom. The second-order valence-electron chi connectivity index (χ2n) is 4.65. The third-order valence-corrected chi connectivity index (χ3v) is 4.70. The molecule has 6 heteroatoms. The number of rotatable bonds is 6. The minimum atomic E-state index is -3.45. The van der Waals surface area contributed by atoms with Crippen molar-refractivity contribution in [2.24, 2.45) is 5.92 Å². The van der Waals surface area contributed by atoms with Crippen LogP contribution in [0.1, 0.15) is 45.4 Å². The molecule has 0 radical (unpaired) electrons. The lowest BCUT2D eigenvalue weighted by molar-refractivity contribution is -0.139. The molecule has 1 saturated carbocycles. The molecule has 1 aliphatic rings. The number of carboxylic acids is 1. The summed E-state index contributed by atoms with van der Waals surface area (Å²) >= 11 is 0. The first-order valence-corrected chi connectivity index (χ1v) is 7.82. The molecule has 1 unspecified atom stereocenters. The van der Waals surface area contributed by atoms with Crippen molar-refractivity contribution in [2.45, 2.75) is 51.5 Å². The molecular formula is C11H21NO4S. The van der Waals surface area contributed by atoms with Crippen molar-refractivity contribution < 1.29 is 18.3 Å². The van der Waals surface area contributed by atoms with Crippen LogP contribution in [0.4, 0.5) is 0 Å². The molecule has 0 aromatic rings. The highest BCUT2D eigenvalue weighted by atomic mass is 32.2. The molecule has 100 valence electrons. The molecule has 0 bridgehead atoms. The summed E-state index contributed by atoms with van der Waals surface area (Å²) in [6, 6.07) is -0.969. The molecule has 0 amide bonds. The Balaban J connectivity index is 2.57. The largest absolute Gasteiger partial charge is 0.480 e. The minimum absolute atomic E-state index is 0.0819. The summed E-state index contributed by atoms with van der Waals surface area (Å²) in [5, 5.41) is 9.04. The zero-order valence-electron chi connectivity index (χ0n) is 10.2. The Kier molecular flexibility index (Phi) is 5.39. The maximum atomic E-state index is 11.4. The van der Waals surface area contributed by atoms with Crippen LogP contribution in [0, 0.1) is 5.92 Å². The highest BCUT2D eigenvalue weighted by Crippen LogP contribution is 2.27. The lowest BCUT2D eigenvalue weighted by Crippen LogP contribution is -2.42. The van der Waals surface area contributed by atoms with Gasteiger partial charge in [-0.2, -0.15) is 0 Å². The Bertz CT molecular complexity index is 346. The fourth-order valence-electron chi connectivity index (χ4n) is 2.26. The van der Waals surface area contributed by atoms with Crippen LogP contribution in [-0.2, 0) is 14.8 Å². The molecule has 1 atom stereocenters. The van der Waals surface area contributed by atoms with Crippen molar-refractivity contribution in [1.29, 1.82) is 0 Å². The van der Waals surface area contributed by atoms with Gasteiger partial charge < -0.3 is 5.11 Å². The van der Waals surface area contributed by atoms with Crippen LogP contribution < -0.4 is 4.72 Å². The predicted molar refractivity (Wildman–Crippen MR) is 65.2 cm³/mol. The van der Waals surface area contributed by atoms with E-state index in [-0.39, 0.29) is 5.75 Å². The van der Waals surface area contributed by atoms with Crippen molar-refractivity contribution in [1.82, 2.24) is 4.72 Å². The van der Waals surface area contributed by atoms with Gasteiger partial charge in [-0.05, 0) is 19.3 Å². The summed E-state index contributed by atoms with van der Waals surface area (Å²) in [6.45, 7) is 1.50. The quantitative estimate of drug-likeness (QED) is 0.757. The summed E-state index contributed by atoms with van der Waals surface area (Å²) in [7, 11) is -3.45. The van der Waals surface area contributed by atoms with E-state index in [9.17, 15) is 13.2 Å². The summed E-state index contributed by atoms with van der Waals surface area (Å²) < 4.78 is 25.0. The monoisotopic (exact) mass is 263 g/mol. The Morgan fingerprint density at radius 2 is 1.94 bits per heavy atom. The van der Waals surface area contributed by atoms with Crippen LogP contribution in [0.25, 0.3) is 0 Å². The van der Waals surface area contributed by atoms with E-state index in [0.717, 1.165) is 25.7 Å². The maximum absolute atomic E-state index is 11.4.